The molecule has 14 heavy (non-hydrogen) atoms. The lowest BCUT2D eigenvalue weighted by atomic mass is 10.5. The van der Waals surface area contributed by atoms with Crippen LogP contribution in [0.1, 0.15) is 0 Å². The summed E-state index contributed by atoms with van der Waals surface area (Å²) in [4.78, 5) is 29.2. The summed E-state index contributed by atoms with van der Waals surface area (Å²) in [6.07, 6.45) is 0. The van der Waals surface area contributed by atoms with Gasteiger partial charge in [-0.05, 0) is 28.7 Å². The molecule has 3 heterocycles. The SMILES string of the molecule is O=c1[nH]c2sc3[nH+]c(=O)sc-3cc2s1. The van der Waals surface area contributed by atoms with Gasteiger partial charge in [0.25, 0.3) is 5.01 Å². The average Bonchev–Trinajstić information content (AvgIpc) is 2.59. The van der Waals surface area contributed by atoms with Crippen molar-refractivity contribution in [2.75, 3.05) is 0 Å². The number of thiazole rings is 2. The van der Waals surface area contributed by atoms with E-state index in [1.807, 2.05) is 6.07 Å². The highest BCUT2D eigenvalue weighted by atomic mass is 32.1. The third-order valence-electron chi connectivity index (χ3n) is 1.75. The van der Waals surface area contributed by atoms with E-state index in [-0.39, 0.29) is 9.75 Å². The van der Waals surface area contributed by atoms with Crippen LogP contribution in [-0.2, 0) is 0 Å². The zero-order valence-corrected chi connectivity index (χ0v) is 9.07. The molecule has 0 saturated carbocycles. The molecule has 0 atom stereocenters. The molecule has 0 bridgehead atoms. The summed E-state index contributed by atoms with van der Waals surface area (Å²) in [6.45, 7) is 0. The minimum Gasteiger partial charge on any atom is -0.304 e. The smallest absolute Gasteiger partial charge is 0.304 e. The normalized spacial score (nSPS) is 11.4. The maximum atomic E-state index is 11.1. The number of hydrogen-bond acceptors (Lipinski definition) is 5. The van der Waals surface area contributed by atoms with Crippen LogP contribution in [0.2, 0.25) is 0 Å². The zero-order valence-electron chi connectivity index (χ0n) is 6.62. The molecular formula is C7H3N2O2S3+. The average molecular weight is 243 g/mol. The first-order valence-electron chi connectivity index (χ1n) is 3.71. The van der Waals surface area contributed by atoms with Crippen molar-refractivity contribution in [3.05, 3.63) is 25.4 Å². The third kappa shape index (κ3) is 1.13. The first-order chi connectivity index (χ1) is 6.72. The molecule has 0 fully saturated rings. The summed E-state index contributed by atoms with van der Waals surface area (Å²) < 4.78 is 0.905. The van der Waals surface area contributed by atoms with E-state index in [1.54, 1.807) is 0 Å². The van der Waals surface area contributed by atoms with E-state index in [0.29, 0.717) is 0 Å². The number of nitrogens with one attached hydrogen (secondary N) is 2. The summed E-state index contributed by atoms with van der Waals surface area (Å²) in [5, 5.41) is 0.821. The molecule has 2 N–H and O–H groups in total. The van der Waals surface area contributed by atoms with Gasteiger partial charge in [0.1, 0.15) is 9.71 Å². The van der Waals surface area contributed by atoms with E-state index in [0.717, 1.165) is 19.4 Å². The van der Waals surface area contributed by atoms with Gasteiger partial charge in [-0.25, -0.2) is 4.79 Å². The van der Waals surface area contributed by atoms with Gasteiger partial charge in [0.15, 0.2) is 0 Å². The Morgan fingerprint density at radius 3 is 2.93 bits per heavy atom. The summed E-state index contributed by atoms with van der Waals surface area (Å²) in [6, 6.07) is 1.87. The fraction of sp³-hybridized carbons (Fsp3) is 0. The lowest BCUT2D eigenvalue weighted by Crippen LogP contribution is -2.18. The molecule has 3 rings (SSSR count). The summed E-state index contributed by atoms with van der Waals surface area (Å²) in [5.41, 5.74) is 0. The van der Waals surface area contributed by atoms with Crippen LogP contribution in [0, 0.1) is 0 Å². The van der Waals surface area contributed by atoms with Gasteiger partial charge in [-0.1, -0.05) is 11.3 Å². The summed E-state index contributed by atoms with van der Waals surface area (Å²) in [7, 11) is 0. The second kappa shape index (κ2) is 2.72. The van der Waals surface area contributed by atoms with Crippen LogP contribution >= 0.6 is 34.0 Å². The van der Waals surface area contributed by atoms with Gasteiger partial charge in [-0.15, -0.1) is 4.98 Å². The summed E-state index contributed by atoms with van der Waals surface area (Å²) in [5.74, 6) is 0. The van der Waals surface area contributed by atoms with Crippen molar-refractivity contribution >= 4 is 43.5 Å². The van der Waals surface area contributed by atoms with Crippen molar-refractivity contribution in [1.29, 1.82) is 0 Å². The van der Waals surface area contributed by atoms with E-state index < -0.39 is 0 Å². The molecule has 1 aromatic heterocycles. The van der Waals surface area contributed by atoms with Gasteiger partial charge in [0, 0.05) is 0 Å². The van der Waals surface area contributed by atoms with Crippen LogP contribution in [-0.4, -0.2) is 4.98 Å². The minimum atomic E-state index is -0.0590. The van der Waals surface area contributed by atoms with Crippen LogP contribution in [0.3, 0.4) is 0 Å². The molecule has 7 heteroatoms. The summed E-state index contributed by atoms with van der Waals surface area (Å²) >= 11 is 3.74. The number of fused-ring (bicyclic) bond motifs is 2. The quantitative estimate of drug-likeness (QED) is 0.640. The Kier molecular flexibility index (Phi) is 1.61. The fourth-order valence-corrected chi connectivity index (χ4v) is 4.08. The first-order valence-corrected chi connectivity index (χ1v) is 6.16. The van der Waals surface area contributed by atoms with Crippen molar-refractivity contribution in [2.24, 2.45) is 0 Å². The van der Waals surface area contributed by atoms with Gasteiger partial charge < -0.3 is 4.98 Å². The van der Waals surface area contributed by atoms with E-state index in [2.05, 4.69) is 9.97 Å². The predicted molar refractivity (Wildman–Crippen MR) is 57.6 cm³/mol. The molecule has 0 amide bonds. The Morgan fingerprint density at radius 2 is 2.07 bits per heavy atom. The molecule has 0 radical (unpaired) electrons. The van der Waals surface area contributed by atoms with Gasteiger partial charge in [-0.2, -0.15) is 0 Å². The molecule has 2 aliphatic rings. The Labute approximate surface area is 88.8 Å². The number of H-pyrrole nitrogens is 2. The molecule has 0 aromatic carbocycles. The highest BCUT2D eigenvalue weighted by molar-refractivity contribution is 7.28. The number of aromatic nitrogens is 2. The molecule has 4 nitrogen and oxygen atoms in total. The number of rotatable bonds is 0. The highest BCUT2D eigenvalue weighted by Crippen LogP contribution is 2.31. The zero-order chi connectivity index (χ0) is 9.71. The van der Waals surface area contributed by atoms with Crippen LogP contribution in [0.25, 0.3) is 19.4 Å². The third-order valence-corrected chi connectivity index (χ3v) is 4.72. The van der Waals surface area contributed by atoms with Gasteiger partial charge in [0.05, 0.1) is 4.70 Å². The van der Waals surface area contributed by atoms with E-state index >= 15 is 0 Å². The molecule has 0 aliphatic carbocycles. The standard InChI is InChI=1S/C7H2N2O2S3/c10-6-8-4-2(12-6)1-3-5(14-4)9-7(11)13-3/h1H,(H,8,10)/p+1. The fourth-order valence-electron chi connectivity index (χ4n) is 1.21. The van der Waals surface area contributed by atoms with Crippen molar-refractivity contribution in [2.45, 2.75) is 0 Å². The van der Waals surface area contributed by atoms with Gasteiger partial charge in [-0.3, -0.25) is 4.79 Å². The molecule has 2 aliphatic heterocycles. The topological polar surface area (TPSA) is 64.1 Å². The first kappa shape index (κ1) is 8.27. The minimum absolute atomic E-state index is 0.0590. The Bertz CT molecular complexity index is 633. The van der Waals surface area contributed by atoms with E-state index in [9.17, 15) is 9.59 Å². The highest BCUT2D eigenvalue weighted by Gasteiger charge is 2.18. The number of aromatic amines is 2. The van der Waals surface area contributed by atoms with Crippen LogP contribution < -0.4 is 14.7 Å². The lowest BCUT2D eigenvalue weighted by Gasteiger charge is -1.87. The van der Waals surface area contributed by atoms with Crippen LogP contribution in [0.5, 0.6) is 0 Å². The maximum Gasteiger partial charge on any atom is 0.472 e. The van der Waals surface area contributed by atoms with Crippen molar-refractivity contribution in [3.8, 4) is 9.88 Å². The molecule has 0 unspecified atom stereocenters. The second-order valence-electron chi connectivity index (χ2n) is 2.66. The Morgan fingerprint density at radius 1 is 1.21 bits per heavy atom. The Balaban J connectivity index is 2.57. The van der Waals surface area contributed by atoms with Crippen molar-refractivity contribution in [3.63, 3.8) is 0 Å². The van der Waals surface area contributed by atoms with Crippen molar-refractivity contribution in [1.82, 2.24) is 4.98 Å². The van der Waals surface area contributed by atoms with Crippen LogP contribution in [0.4, 0.5) is 0 Å². The predicted octanol–water partition coefficient (Wildman–Crippen LogP) is 0.992. The van der Waals surface area contributed by atoms with E-state index in [1.165, 1.54) is 34.0 Å². The lowest BCUT2D eigenvalue weighted by molar-refractivity contribution is -0.371. The van der Waals surface area contributed by atoms with Gasteiger partial charge in [0.2, 0.25) is 0 Å². The molecule has 1 aromatic rings. The second-order valence-corrected chi connectivity index (χ2v) is 5.71. The van der Waals surface area contributed by atoms with Crippen molar-refractivity contribution < 1.29 is 4.98 Å². The van der Waals surface area contributed by atoms with Gasteiger partial charge >= 0.3 is 9.75 Å². The molecular weight excluding hydrogens is 240 g/mol. The number of hydrogen-bond donors (Lipinski definition) is 1. The maximum absolute atomic E-state index is 11.1. The Hall–Kier alpha value is -1.05. The largest absolute Gasteiger partial charge is 0.472 e. The van der Waals surface area contributed by atoms with Crippen LogP contribution in [0.15, 0.2) is 15.7 Å². The monoisotopic (exact) mass is 243 g/mol. The molecule has 0 spiro atoms. The molecule has 70 valence electrons. The van der Waals surface area contributed by atoms with E-state index in [4.69, 9.17) is 0 Å². The molecule has 0 saturated heterocycles.